The molecule has 3 nitrogen and oxygen atoms in total. The third-order valence-corrected chi connectivity index (χ3v) is 2.42. The molecule has 0 aliphatic carbocycles. The lowest BCUT2D eigenvalue weighted by Gasteiger charge is -2.05. The van der Waals surface area contributed by atoms with Gasteiger partial charge in [0.25, 0.3) is 5.91 Å². The fraction of sp³-hybridized carbons (Fsp3) is 0.231. The Kier molecular flexibility index (Phi) is 3.15. The lowest BCUT2D eigenvalue weighted by atomic mass is 10.1. The first kappa shape index (κ1) is 10.6. The molecule has 0 radical (unpaired) electrons. The first-order valence-electron chi connectivity index (χ1n) is 5.45. The molecule has 1 aromatic carbocycles. The average Bonchev–Trinajstić information content (AvgIpc) is 2.35. The predicted molar refractivity (Wildman–Crippen MR) is 64.4 cm³/mol. The summed E-state index contributed by atoms with van der Waals surface area (Å²) in [5.74, 6) is -0.0985. The molecule has 2 aromatic rings. The van der Waals surface area contributed by atoms with Gasteiger partial charge in [0.1, 0.15) is 5.69 Å². The summed E-state index contributed by atoms with van der Waals surface area (Å²) in [5.41, 5.74) is 0.506. The minimum atomic E-state index is -0.0985. The first-order chi connectivity index (χ1) is 7.83. The van der Waals surface area contributed by atoms with Crippen LogP contribution in [-0.4, -0.2) is 17.4 Å². The number of nitrogens with one attached hydrogen (secondary N) is 1. The Morgan fingerprint density at radius 3 is 2.94 bits per heavy atom. The van der Waals surface area contributed by atoms with E-state index >= 15 is 0 Å². The summed E-state index contributed by atoms with van der Waals surface area (Å²) in [6, 6.07) is 9.68. The van der Waals surface area contributed by atoms with E-state index in [0.717, 1.165) is 17.2 Å². The summed E-state index contributed by atoms with van der Waals surface area (Å²) in [6.45, 7) is 2.71. The molecular weight excluding hydrogens is 200 g/mol. The van der Waals surface area contributed by atoms with Gasteiger partial charge in [-0.3, -0.25) is 9.78 Å². The predicted octanol–water partition coefficient (Wildman–Crippen LogP) is 2.37. The molecule has 0 atom stereocenters. The molecule has 16 heavy (non-hydrogen) atoms. The van der Waals surface area contributed by atoms with Crippen molar-refractivity contribution in [3.05, 3.63) is 42.2 Å². The van der Waals surface area contributed by atoms with E-state index in [2.05, 4.69) is 10.3 Å². The summed E-state index contributed by atoms with van der Waals surface area (Å²) in [5, 5.41) is 4.78. The molecule has 1 amide bonds. The zero-order valence-corrected chi connectivity index (χ0v) is 9.23. The summed E-state index contributed by atoms with van der Waals surface area (Å²) in [7, 11) is 0. The van der Waals surface area contributed by atoms with Gasteiger partial charge >= 0.3 is 0 Å². The van der Waals surface area contributed by atoms with Gasteiger partial charge in [-0.2, -0.15) is 0 Å². The van der Waals surface area contributed by atoms with Crippen LogP contribution in [0, 0.1) is 0 Å². The number of fused-ring (bicyclic) bond motifs is 1. The second-order valence-electron chi connectivity index (χ2n) is 3.64. The van der Waals surface area contributed by atoms with Crippen LogP contribution in [0.5, 0.6) is 0 Å². The third kappa shape index (κ3) is 2.03. The van der Waals surface area contributed by atoms with E-state index in [9.17, 15) is 4.79 Å². The minimum absolute atomic E-state index is 0.0985. The van der Waals surface area contributed by atoms with Crippen molar-refractivity contribution in [2.45, 2.75) is 13.3 Å². The van der Waals surface area contributed by atoms with Crippen molar-refractivity contribution in [2.24, 2.45) is 0 Å². The molecular formula is C13H14N2O. The number of carbonyl (C=O) groups excluding carboxylic acids is 1. The van der Waals surface area contributed by atoms with E-state index < -0.39 is 0 Å². The minimum Gasteiger partial charge on any atom is -0.351 e. The second-order valence-corrected chi connectivity index (χ2v) is 3.64. The molecule has 1 N–H and O–H groups in total. The number of hydrogen-bond donors (Lipinski definition) is 1. The van der Waals surface area contributed by atoms with Gasteiger partial charge in [0.2, 0.25) is 0 Å². The maximum atomic E-state index is 11.8. The molecule has 0 aliphatic heterocycles. The maximum absolute atomic E-state index is 11.8. The molecule has 0 aliphatic rings. The van der Waals surface area contributed by atoms with Gasteiger partial charge < -0.3 is 5.32 Å². The molecule has 0 saturated heterocycles. The number of amides is 1. The Balaban J connectivity index is 2.40. The first-order valence-corrected chi connectivity index (χ1v) is 5.45. The van der Waals surface area contributed by atoms with E-state index in [1.165, 1.54) is 0 Å². The number of aromatic nitrogens is 1. The maximum Gasteiger partial charge on any atom is 0.270 e. The van der Waals surface area contributed by atoms with Gasteiger partial charge in [0.15, 0.2) is 0 Å². The normalized spacial score (nSPS) is 10.3. The number of nitrogens with zero attached hydrogens (tertiary/aromatic N) is 1. The van der Waals surface area contributed by atoms with Crippen LogP contribution in [0.4, 0.5) is 0 Å². The molecule has 0 unspecified atom stereocenters. The topological polar surface area (TPSA) is 42.0 Å². The standard InChI is InChI=1S/C13H14N2O/c1-2-8-15-13(16)12-11-6-4-3-5-10(11)7-9-14-12/h3-7,9H,2,8H2,1H3,(H,15,16). The largest absolute Gasteiger partial charge is 0.351 e. The van der Waals surface area contributed by atoms with Gasteiger partial charge in [0, 0.05) is 18.1 Å². The van der Waals surface area contributed by atoms with Crippen LogP contribution in [0.3, 0.4) is 0 Å². The molecule has 82 valence electrons. The van der Waals surface area contributed by atoms with Gasteiger partial charge in [0.05, 0.1) is 0 Å². The van der Waals surface area contributed by atoms with E-state index in [1.807, 2.05) is 37.3 Å². The average molecular weight is 214 g/mol. The lowest BCUT2D eigenvalue weighted by Crippen LogP contribution is -2.25. The molecule has 0 spiro atoms. The van der Waals surface area contributed by atoms with Gasteiger partial charge in [-0.1, -0.05) is 31.2 Å². The second kappa shape index (κ2) is 4.75. The van der Waals surface area contributed by atoms with Crippen molar-refractivity contribution in [3.63, 3.8) is 0 Å². The fourth-order valence-corrected chi connectivity index (χ4v) is 1.62. The van der Waals surface area contributed by atoms with Crippen molar-refractivity contribution in [1.82, 2.24) is 10.3 Å². The zero-order chi connectivity index (χ0) is 11.4. The number of rotatable bonds is 3. The molecule has 0 bridgehead atoms. The van der Waals surface area contributed by atoms with Crippen molar-refractivity contribution >= 4 is 16.7 Å². The molecule has 3 heteroatoms. The van der Waals surface area contributed by atoms with Crippen LogP contribution in [0.25, 0.3) is 10.8 Å². The monoisotopic (exact) mass is 214 g/mol. The Bertz CT molecular complexity index is 503. The Morgan fingerprint density at radius 2 is 2.12 bits per heavy atom. The van der Waals surface area contributed by atoms with Crippen LogP contribution in [0.1, 0.15) is 23.8 Å². The Hall–Kier alpha value is -1.90. The van der Waals surface area contributed by atoms with Gasteiger partial charge in [-0.15, -0.1) is 0 Å². The number of benzene rings is 1. The van der Waals surface area contributed by atoms with Crippen molar-refractivity contribution in [1.29, 1.82) is 0 Å². The van der Waals surface area contributed by atoms with Crippen molar-refractivity contribution in [3.8, 4) is 0 Å². The van der Waals surface area contributed by atoms with Crippen LogP contribution in [-0.2, 0) is 0 Å². The van der Waals surface area contributed by atoms with Gasteiger partial charge in [-0.05, 0) is 17.9 Å². The summed E-state index contributed by atoms with van der Waals surface area (Å²) in [6.07, 6.45) is 2.60. The highest BCUT2D eigenvalue weighted by molar-refractivity contribution is 6.05. The third-order valence-electron chi connectivity index (χ3n) is 2.42. The van der Waals surface area contributed by atoms with Crippen LogP contribution < -0.4 is 5.32 Å². The fourth-order valence-electron chi connectivity index (χ4n) is 1.62. The lowest BCUT2D eigenvalue weighted by molar-refractivity contribution is 0.0950. The van der Waals surface area contributed by atoms with E-state index in [1.54, 1.807) is 6.20 Å². The summed E-state index contributed by atoms with van der Waals surface area (Å²) >= 11 is 0. The highest BCUT2D eigenvalue weighted by atomic mass is 16.1. The molecule has 0 saturated carbocycles. The molecule has 2 rings (SSSR count). The Morgan fingerprint density at radius 1 is 1.31 bits per heavy atom. The Labute approximate surface area is 94.5 Å². The van der Waals surface area contributed by atoms with Gasteiger partial charge in [-0.25, -0.2) is 0 Å². The molecule has 1 heterocycles. The van der Waals surface area contributed by atoms with E-state index in [4.69, 9.17) is 0 Å². The quantitative estimate of drug-likeness (QED) is 0.852. The molecule has 1 aromatic heterocycles. The summed E-state index contributed by atoms with van der Waals surface area (Å²) in [4.78, 5) is 16.0. The summed E-state index contributed by atoms with van der Waals surface area (Å²) < 4.78 is 0. The van der Waals surface area contributed by atoms with E-state index in [0.29, 0.717) is 12.2 Å². The molecule has 0 fully saturated rings. The smallest absolute Gasteiger partial charge is 0.270 e. The van der Waals surface area contributed by atoms with Crippen LogP contribution >= 0.6 is 0 Å². The van der Waals surface area contributed by atoms with Crippen LogP contribution in [0.15, 0.2) is 36.5 Å². The van der Waals surface area contributed by atoms with E-state index in [-0.39, 0.29) is 5.91 Å². The number of carbonyl (C=O) groups is 1. The SMILES string of the molecule is CCCNC(=O)c1nccc2ccccc12. The highest BCUT2D eigenvalue weighted by Gasteiger charge is 2.09. The van der Waals surface area contributed by atoms with Crippen molar-refractivity contribution in [2.75, 3.05) is 6.54 Å². The number of hydrogen-bond acceptors (Lipinski definition) is 2. The van der Waals surface area contributed by atoms with Crippen LogP contribution in [0.2, 0.25) is 0 Å². The number of pyridine rings is 1. The van der Waals surface area contributed by atoms with Crippen molar-refractivity contribution < 1.29 is 4.79 Å². The zero-order valence-electron chi connectivity index (χ0n) is 9.23. The highest BCUT2D eigenvalue weighted by Crippen LogP contribution is 2.15.